The summed E-state index contributed by atoms with van der Waals surface area (Å²) in [6.45, 7) is 1.76. The molecule has 0 aliphatic heterocycles. The van der Waals surface area contributed by atoms with E-state index in [1.165, 1.54) is 0 Å². The summed E-state index contributed by atoms with van der Waals surface area (Å²) in [6, 6.07) is 7.66. The minimum Gasteiger partial charge on any atom is -0.413 e. The standard InChI is InChI=1S/C10H8BrNO2/c1-6-9(12-10(13)14-6)7-2-4-8(11)5-3-7/h2-5H,1H3,(H,12,13). The van der Waals surface area contributed by atoms with E-state index < -0.39 is 5.76 Å². The van der Waals surface area contributed by atoms with Gasteiger partial charge in [0.05, 0.1) is 5.69 Å². The molecule has 0 saturated carbocycles. The highest BCUT2D eigenvalue weighted by molar-refractivity contribution is 9.10. The van der Waals surface area contributed by atoms with Crippen LogP contribution in [0.3, 0.4) is 0 Å². The second kappa shape index (κ2) is 3.46. The van der Waals surface area contributed by atoms with Crippen LogP contribution in [0.4, 0.5) is 0 Å². The summed E-state index contributed by atoms with van der Waals surface area (Å²) in [5, 5.41) is 0. The summed E-state index contributed by atoms with van der Waals surface area (Å²) in [4.78, 5) is 13.6. The highest BCUT2D eigenvalue weighted by atomic mass is 79.9. The van der Waals surface area contributed by atoms with Gasteiger partial charge in [-0.2, -0.15) is 0 Å². The summed E-state index contributed by atoms with van der Waals surface area (Å²) >= 11 is 3.35. The maximum absolute atomic E-state index is 10.9. The van der Waals surface area contributed by atoms with Crippen LogP contribution in [0.2, 0.25) is 0 Å². The Morgan fingerprint density at radius 3 is 2.43 bits per heavy atom. The van der Waals surface area contributed by atoms with Gasteiger partial charge in [0.1, 0.15) is 5.76 Å². The minimum atomic E-state index is -0.416. The van der Waals surface area contributed by atoms with Crippen LogP contribution in [0, 0.1) is 6.92 Å². The zero-order valence-corrected chi connectivity index (χ0v) is 9.09. The van der Waals surface area contributed by atoms with Crippen molar-refractivity contribution in [3.8, 4) is 11.3 Å². The number of benzene rings is 1. The first kappa shape index (κ1) is 9.27. The van der Waals surface area contributed by atoms with Gasteiger partial charge in [-0.25, -0.2) is 4.79 Å². The minimum absolute atomic E-state index is 0.416. The Morgan fingerprint density at radius 2 is 1.93 bits per heavy atom. The number of H-pyrrole nitrogens is 1. The van der Waals surface area contributed by atoms with E-state index in [4.69, 9.17) is 4.42 Å². The van der Waals surface area contributed by atoms with Crippen LogP contribution in [0.1, 0.15) is 5.76 Å². The van der Waals surface area contributed by atoms with Gasteiger partial charge in [0.15, 0.2) is 0 Å². The monoisotopic (exact) mass is 253 g/mol. The average molecular weight is 254 g/mol. The Balaban J connectivity index is 2.54. The molecule has 0 amide bonds. The lowest BCUT2D eigenvalue weighted by molar-refractivity contribution is 0.488. The molecule has 0 aliphatic rings. The Kier molecular flexibility index (Phi) is 2.29. The lowest BCUT2D eigenvalue weighted by atomic mass is 10.1. The summed E-state index contributed by atoms with van der Waals surface area (Å²) in [7, 11) is 0. The van der Waals surface area contributed by atoms with Crippen molar-refractivity contribution in [2.45, 2.75) is 6.92 Å². The van der Waals surface area contributed by atoms with Gasteiger partial charge < -0.3 is 4.42 Å². The fourth-order valence-corrected chi connectivity index (χ4v) is 1.56. The molecule has 1 aromatic carbocycles. The van der Waals surface area contributed by atoms with Gasteiger partial charge in [-0.1, -0.05) is 28.1 Å². The number of halogens is 1. The van der Waals surface area contributed by atoms with Gasteiger partial charge in [0, 0.05) is 10.0 Å². The van der Waals surface area contributed by atoms with Crippen LogP contribution in [0.15, 0.2) is 37.9 Å². The highest BCUT2D eigenvalue weighted by Crippen LogP contribution is 2.21. The van der Waals surface area contributed by atoms with Crippen LogP contribution in [0.5, 0.6) is 0 Å². The molecule has 0 spiro atoms. The molecule has 72 valence electrons. The third-order valence-corrected chi connectivity index (χ3v) is 2.49. The van der Waals surface area contributed by atoms with E-state index in [2.05, 4.69) is 20.9 Å². The smallest absolute Gasteiger partial charge is 0.413 e. The van der Waals surface area contributed by atoms with Crippen molar-refractivity contribution in [2.75, 3.05) is 0 Å². The Hall–Kier alpha value is -1.29. The Morgan fingerprint density at radius 1 is 1.29 bits per heavy atom. The topological polar surface area (TPSA) is 46.0 Å². The number of oxazole rings is 1. The SMILES string of the molecule is Cc1oc(=O)[nH]c1-c1ccc(Br)cc1. The Bertz CT molecular complexity index is 496. The first-order valence-electron chi connectivity index (χ1n) is 4.12. The molecule has 1 heterocycles. The number of aromatic amines is 1. The second-order valence-electron chi connectivity index (χ2n) is 2.95. The predicted molar refractivity (Wildman–Crippen MR) is 57.2 cm³/mol. The third-order valence-electron chi connectivity index (χ3n) is 1.96. The average Bonchev–Trinajstić information content (AvgIpc) is 2.47. The number of nitrogens with one attached hydrogen (secondary N) is 1. The number of aromatic nitrogens is 1. The molecule has 0 bridgehead atoms. The molecule has 0 saturated heterocycles. The van der Waals surface area contributed by atoms with Crippen LogP contribution in [-0.4, -0.2) is 4.98 Å². The largest absolute Gasteiger partial charge is 0.416 e. The quantitative estimate of drug-likeness (QED) is 0.850. The molecule has 4 heteroatoms. The molecule has 0 radical (unpaired) electrons. The van der Waals surface area contributed by atoms with Crippen molar-refractivity contribution < 1.29 is 4.42 Å². The van der Waals surface area contributed by atoms with Crippen LogP contribution >= 0.6 is 15.9 Å². The van der Waals surface area contributed by atoms with Gasteiger partial charge in [0.2, 0.25) is 0 Å². The molecular weight excluding hydrogens is 246 g/mol. The van der Waals surface area contributed by atoms with Gasteiger partial charge >= 0.3 is 5.76 Å². The molecule has 0 atom stereocenters. The van der Waals surface area contributed by atoms with E-state index in [9.17, 15) is 4.79 Å². The van der Waals surface area contributed by atoms with Gasteiger partial charge in [-0.15, -0.1) is 0 Å². The van der Waals surface area contributed by atoms with Crippen molar-refractivity contribution in [2.24, 2.45) is 0 Å². The fraction of sp³-hybridized carbons (Fsp3) is 0.100. The molecule has 0 aliphatic carbocycles. The number of hydrogen-bond donors (Lipinski definition) is 1. The molecule has 1 N–H and O–H groups in total. The first-order valence-corrected chi connectivity index (χ1v) is 4.92. The lowest BCUT2D eigenvalue weighted by Crippen LogP contribution is -1.94. The first-order chi connectivity index (χ1) is 6.66. The summed E-state index contributed by atoms with van der Waals surface area (Å²) in [6.07, 6.45) is 0. The number of rotatable bonds is 1. The summed E-state index contributed by atoms with van der Waals surface area (Å²) < 4.78 is 5.88. The number of aryl methyl sites for hydroxylation is 1. The van der Waals surface area contributed by atoms with Crippen molar-refractivity contribution in [1.82, 2.24) is 4.98 Å². The van der Waals surface area contributed by atoms with Crippen molar-refractivity contribution in [3.05, 3.63) is 45.0 Å². The zero-order chi connectivity index (χ0) is 10.1. The van der Waals surface area contributed by atoms with Gasteiger partial charge in [-0.05, 0) is 19.1 Å². The molecule has 3 nitrogen and oxygen atoms in total. The molecule has 0 unspecified atom stereocenters. The van der Waals surface area contributed by atoms with E-state index in [0.717, 1.165) is 15.7 Å². The van der Waals surface area contributed by atoms with Crippen LogP contribution < -0.4 is 5.76 Å². The van der Waals surface area contributed by atoms with Crippen molar-refractivity contribution in [3.63, 3.8) is 0 Å². The molecule has 14 heavy (non-hydrogen) atoms. The van der Waals surface area contributed by atoms with E-state index in [1.807, 2.05) is 24.3 Å². The van der Waals surface area contributed by atoms with Gasteiger partial charge in [0.25, 0.3) is 0 Å². The van der Waals surface area contributed by atoms with Crippen molar-refractivity contribution in [1.29, 1.82) is 0 Å². The maximum Gasteiger partial charge on any atom is 0.416 e. The molecular formula is C10H8BrNO2. The zero-order valence-electron chi connectivity index (χ0n) is 7.50. The number of hydrogen-bond acceptors (Lipinski definition) is 2. The van der Waals surface area contributed by atoms with Crippen LogP contribution in [-0.2, 0) is 0 Å². The fourth-order valence-electron chi connectivity index (χ4n) is 1.30. The van der Waals surface area contributed by atoms with E-state index in [0.29, 0.717) is 5.76 Å². The van der Waals surface area contributed by atoms with Crippen LogP contribution in [0.25, 0.3) is 11.3 Å². The summed E-state index contributed by atoms with van der Waals surface area (Å²) in [5.74, 6) is 0.192. The van der Waals surface area contributed by atoms with E-state index in [1.54, 1.807) is 6.92 Å². The lowest BCUT2D eigenvalue weighted by Gasteiger charge is -1.97. The molecule has 2 rings (SSSR count). The highest BCUT2D eigenvalue weighted by Gasteiger charge is 2.06. The Labute approximate surface area is 88.9 Å². The molecule has 0 fully saturated rings. The van der Waals surface area contributed by atoms with E-state index >= 15 is 0 Å². The van der Waals surface area contributed by atoms with E-state index in [-0.39, 0.29) is 0 Å². The van der Waals surface area contributed by atoms with Gasteiger partial charge in [-0.3, -0.25) is 4.98 Å². The maximum atomic E-state index is 10.9. The predicted octanol–water partition coefficient (Wildman–Crippen LogP) is 2.71. The normalized spacial score (nSPS) is 10.4. The van der Waals surface area contributed by atoms with Crippen molar-refractivity contribution >= 4 is 15.9 Å². The molecule has 2 aromatic rings. The molecule has 1 aromatic heterocycles. The third kappa shape index (κ3) is 1.65. The second-order valence-corrected chi connectivity index (χ2v) is 3.87. The summed E-state index contributed by atoms with van der Waals surface area (Å²) in [5.41, 5.74) is 1.68.